The van der Waals surface area contributed by atoms with Crippen LogP contribution in [0.2, 0.25) is 0 Å². The minimum absolute atomic E-state index is 0.234. The fourth-order valence-electron chi connectivity index (χ4n) is 8.25. The molecule has 6 N–H and O–H groups in total. The Morgan fingerprint density at radius 2 is 1.06 bits per heavy atom. The first-order chi connectivity index (χ1) is 30.5. The maximum Gasteiger partial charge on any atom is 0.397 e. The molecule has 0 saturated carbocycles. The van der Waals surface area contributed by atoms with Crippen LogP contribution < -0.4 is 5.32 Å². The molecule has 63 heavy (non-hydrogen) atoms. The zero-order valence-corrected chi connectivity index (χ0v) is 40.7. The van der Waals surface area contributed by atoms with Crippen molar-refractivity contribution in [1.29, 1.82) is 0 Å². The van der Waals surface area contributed by atoms with Crippen LogP contribution in [-0.4, -0.2) is 95.4 Å². The highest BCUT2D eigenvalue weighted by atomic mass is 32.3. The molecule has 0 aromatic rings. The molecule has 1 aliphatic heterocycles. The number of hydrogen-bond donors (Lipinski definition) is 6. The molecule has 1 amide bonds. The summed E-state index contributed by atoms with van der Waals surface area (Å²) in [7, 11) is -5.08. The Morgan fingerprint density at radius 1 is 0.635 bits per heavy atom. The van der Waals surface area contributed by atoms with Crippen molar-refractivity contribution in [2.24, 2.45) is 0 Å². The monoisotopic (exact) mass is 918 g/mol. The van der Waals surface area contributed by atoms with E-state index in [0.717, 1.165) is 57.8 Å². The minimum atomic E-state index is -5.08. The fraction of sp³-hybridized carbons (Fsp3) is 0.900. The molecule has 0 aliphatic carbocycles. The third-order valence-electron chi connectivity index (χ3n) is 12.3. The van der Waals surface area contributed by atoms with Gasteiger partial charge in [-0.05, 0) is 44.9 Å². The summed E-state index contributed by atoms with van der Waals surface area (Å²) in [5.41, 5.74) is 0. The van der Waals surface area contributed by atoms with E-state index in [1.54, 1.807) is 0 Å². The number of carbonyl (C=O) groups is 1. The molecule has 0 aromatic heterocycles. The number of allylic oxidation sites excluding steroid dienone is 4. The number of aliphatic hydroxyl groups excluding tert-OH is 4. The maximum absolute atomic E-state index is 13.1. The van der Waals surface area contributed by atoms with Gasteiger partial charge in [0.1, 0.15) is 24.4 Å². The van der Waals surface area contributed by atoms with E-state index in [1.807, 2.05) is 0 Å². The van der Waals surface area contributed by atoms with Crippen molar-refractivity contribution in [2.45, 2.75) is 275 Å². The van der Waals surface area contributed by atoms with Crippen LogP contribution in [0.3, 0.4) is 0 Å². The summed E-state index contributed by atoms with van der Waals surface area (Å²) >= 11 is 0. The third kappa shape index (κ3) is 33.7. The molecule has 1 rings (SSSR count). The number of nitrogens with one attached hydrogen (secondary N) is 1. The molecule has 0 radical (unpaired) electrons. The minimum Gasteiger partial charge on any atom is -0.394 e. The summed E-state index contributed by atoms with van der Waals surface area (Å²) in [4.78, 5) is 13.1. The van der Waals surface area contributed by atoms with Gasteiger partial charge in [0, 0.05) is 6.42 Å². The zero-order valence-electron chi connectivity index (χ0n) is 39.9. The zero-order chi connectivity index (χ0) is 46.2. The standard InChI is InChI=1S/C50H95NO11S/c1-3-5-7-9-11-13-15-16-17-18-19-20-21-22-23-24-25-26-27-28-30-32-34-36-38-40-46(54)51-43(44(53)39-37-35-33-31-29-14-12-10-8-6-4-2)42-60-50-48(56)49(62-63(57,58)59)47(55)45(41-52)61-50/h19-20,22-23,43-45,47-50,52-53,55-56H,3-18,21,24-42H2,1-2H3,(H,51,54)(H,57,58,59)/b20-19-,23-22-. The van der Waals surface area contributed by atoms with E-state index < -0.39 is 59.9 Å². The summed E-state index contributed by atoms with van der Waals surface area (Å²) in [6.45, 7) is 3.44. The van der Waals surface area contributed by atoms with Gasteiger partial charge in [-0.1, -0.05) is 205 Å². The molecule has 1 aliphatic rings. The number of rotatable bonds is 44. The number of amides is 1. The predicted octanol–water partition coefficient (Wildman–Crippen LogP) is 10.9. The van der Waals surface area contributed by atoms with Gasteiger partial charge in [-0.25, -0.2) is 4.18 Å². The lowest BCUT2D eigenvalue weighted by Crippen LogP contribution is -2.61. The Hall–Kier alpha value is -1.42. The lowest BCUT2D eigenvalue weighted by Gasteiger charge is -2.41. The molecule has 0 aromatic carbocycles. The second kappa shape index (κ2) is 40.8. The van der Waals surface area contributed by atoms with Gasteiger partial charge in [-0.2, -0.15) is 8.42 Å². The first-order valence-electron chi connectivity index (χ1n) is 25.7. The van der Waals surface area contributed by atoms with Gasteiger partial charge in [-0.3, -0.25) is 9.35 Å². The highest BCUT2D eigenvalue weighted by molar-refractivity contribution is 7.80. The highest BCUT2D eigenvalue weighted by Crippen LogP contribution is 2.26. The highest BCUT2D eigenvalue weighted by Gasteiger charge is 2.48. The van der Waals surface area contributed by atoms with Gasteiger partial charge < -0.3 is 35.2 Å². The number of unbranched alkanes of at least 4 members (excludes halogenated alkanes) is 28. The SMILES string of the molecule is CCCCCCCCCCC/C=C\C/C=C\CCCCCCCCCCCC(=O)NC(COC1OC(CO)C(O)C(OS(=O)(=O)O)C1O)C(O)CCCCCCCCCCCCC. The van der Waals surface area contributed by atoms with Gasteiger partial charge in [0.15, 0.2) is 6.29 Å². The quantitative estimate of drug-likeness (QED) is 0.0194. The topological polar surface area (TPSA) is 192 Å². The van der Waals surface area contributed by atoms with Gasteiger partial charge in [-0.15, -0.1) is 0 Å². The number of hydrogen-bond acceptors (Lipinski definition) is 10. The number of aliphatic hydroxyl groups is 4. The normalized spacial score (nSPS) is 20.5. The molecule has 7 atom stereocenters. The molecule has 0 bridgehead atoms. The van der Waals surface area contributed by atoms with Crippen LogP contribution in [0, 0.1) is 0 Å². The molecule has 7 unspecified atom stereocenters. The largest absolute Gasteiger partial charge is 0.397 e. The Labute approximate surface area is 384 Å². The molecule has 0 spiro atoms. The van der Waals surface area contributed by atoms with E-state index in [0.29, 0.717) is 12.8 Å². The molecular formula is C50H95NO11S. The number of carbonyl (C=O) groups excluding carboxylic acids is 1. The summed E-state index contributed by atoms with van der Waals surface area (Å²) in [5, 5.41) is 44.9. The van der Waals surface area contributed by atoms with Crippen molar-refractivity contribution in [3.05, 3.63) is 24.3 Å². The van der Waals surface area contributed by atoms with Gasteiger partial charge in [0.05, 0.1) is 25.4 Å². The molecular weight excluding hydrogens is 823 g/mol. The average Bonchev–Trinajstić information content (AvgIpc) is 3.25. The maximum atomic E-state index is 13.1. The predicted molar refractivity (Wildman–Crippen MR) is 255 cm³/mol. The second-order valence-electron chi connectivity index (χ2n) is 18.1. The lowest BCUT2D eigenvalue weighted by atomic mass is 9.99. The van der Waals surface area contributed by atoms with Crippen LogP contribution in [0.4, 0.5) is 0 Å². The molecule has 372 valence electrons. The van der Waals surface area contributed by atoms with Crippen molar-refractivity contribution in [3.63, 3.8) is 0 Å². The van der Waals surface area contributed by atoms with Gasteiger partial charge >= 0.3 is 10.4 Å². The van der Waals surface area contributed by atoms with Crippen molar-refractivity contribution in [1.82, 2.24) is 5.32 Å². The van der Waals surface area contributed by atoms with Crippen molar-refractivity contribution in [3.8, 4) is 0 Å². The molecule has 13 heteroatoms. The van der Waals surface area contributed by atoms with Crippen molar-refractivity contribution < 1.29 is 51.8 Å². The van der Waals surface area contributed by atoms with Crippen LogP contribution in [-0.2, 0) is 28.9 Å². The van der Waals surface area contributed by atoms with Crippen LogP contribution in [0.5, 0.6) is 0 Å². The molecule has 1 saturated heterocycles. The molecule has 12 nitrogen and oxygen atoms in total. The fourth-order valence-corrected chi connectivity index (χ4v) is 8.76. The molecule has 1 heterocycles. The van der Waals surface area contributed by atoms with Crippen LogP contribution >= 0.6 is 0 Å². The van der Waals surface area contributed by atoms with E-state index in [9.17, 15) is 38.2 Å². The van der Waals surface area contributed by atoms with Crippen LogP contribution in [0.1, 0.15) is 232 Å². The smallest absolute Gasteiger partial charge is 0.394 e. The Kier molecular flexibility index (Phi) is 38.6. The van der Waals surface area contributed by atoms with Crippen molar-refractivity contribution in [2.75, 3.05) is 13.2 Å². The van der Waals surface area contributed by atoms with Crippen LogP contribution in [0.15, 0.2) is 24.3 Å². The first-order valence-corrected chi connectivity index (χ1v) is 27.1. The first kappa shape index (κ1) is 59.6. The lowest BCUT2D eigenvalue weighted by molar-refractivity contribution is -0.298. The Morgan fingerprint density at radius 3 is 1.51 bits per heavy atom. The molecule has 1 fully saturated rings. The van der Waals surface area contributed by atoms with Gasteiger partial charge in [0.2, 0.25) is 5.91 Å². The summed E-state index contributed by atoms with van der Waals surface area (Å²) in [6, 6.07) is -0.858. The van der Waals surface area contributed by atoms with E-state index in [-0.39, 0.29) is 18.9 Å². The van der Waals surface area contributed by atoms with Crippen molar-refractivity contribution >= 4 is 16.3 Å². The summed E-state index contributed by atoms with van der Waals surface area (Å²) < 4.78 is 47.7. The number of ether oxygens (including phenoxy) is 2. The summed E-state index contributed by atoms with van der Waals surface area (Å²) in [5.74, 6) is -0.234. The third-order valence-corrected chi connectivity index (χ3v) is 12.7. The van der Waals surface area contributed by atoms with Gasteiger partial charge in [0.25, 0.3) is 0 Å². The van der Waals surface area contributed by atoms with E-state index in [1.165, 1.54) is 141 Å². The van der Waals surface area contributed by atoms with Crippen LogP contribution in [0.25, 0.3) is 0 Å². The Bertz CT molecular complexity index is 1220. The average molecular weight is 918 g/mol. The Balaban J connectivity index is 2.35. The van der Waals surface area contributed by atoms with E-state index >= 15 is 0 Å². The van der Waals surface area contributed by atoms with E-state index in [4.69, 9.17) is 9.47 Å². The second-order valence-corrected chi connectivity index (χ2v) is 19.2. The van der Waals surface area contributed by atoms with E-state index in [2.05, 4.69) is 47.7 Å². The summed E-state index contributed by atoms with van der Waals surface area (Å²) in [6.07, 6.45) is 39.0.